The molecule has 3 rings (SSSR count). The van der Waals surface area contributed by atoms with Gasteiger partial charge in [0, 0.05) is 44.5 Å². The highest BCUT2D eigenvalue weighted by molar-refractivity contribution is 5.96. The summed E-state index contributed by atoms with van der Waals surface area (Å²) < 4.78 is 45.5. The molecule has 2 fully saturated rings. The number of hydrogen-bond donors (Lipinski definition) is 0. The van der Waals surface area contributed by atoms with Crippen molar-refractivity contribution < 1.29 is 22.7 Å². The van der Waals surface area contributed by atoms with E-state index in [0.29, 0.717) is 26.3 Å². The number of aromatic nitrogens is 2. The van der Waals surface area contributed by atoms with Crippen molar-refractivity contribution in [1.82, 2.24) is 14.7 Å². The minimum absolute atomic E-state index is 0.0348. The average Bonchev–Trinajstić information content (AvgIpc) is 2.89. The van der Waals surface area contributed by atoms with Gasteiger partial charge in [-0.3, -0.25) is 9.48 Å². The predicted octanol–water partition coefficient (Wildman–Crippen LogP) is 2.17. The van der Waals surface area contributed by atoms with Gasteiger partial charge in [-0.25, -0.2) is 0 Å². The molecule has 0 saturated carbocycles. The molecule has 3 heterocycles. The molecule has 0 bridgehead atoms. The SMILES string of the molecule is CCn1cc(C(=O)N2CC3(CCOCC3)C2)c(C(F)(F)F)n1. The van der Waals surface area contributed by atoms with Gasteiger partial charge >= 0.3 is 6.18 Å². The standard InChI is InChI=1S/C14H18F3N3O2/c1-2-20-7-10(11(18-20)14(15,16)17)12(21)19-8-13(9-19)3-5-22-6-4-13/h7H,2-6,8-9H2,1H3. The molecule has 1 aromatic rings. The van der Waals surface area contributed by atoms with Gasteiger partial charge in [-0.2, -0.15) is 18.3 Å². The maximum Gasteiger partial charge on any atom is 0.435 e. The third-order valence-corrected chi connectivity index (χ3v) is 4.48. The van der Waals surface area contributed by atoms with E-state index in [1.165, 1.54) is 11.1 Å². The van der Waals surface area contributed by atoms with Crippen molar-refractivity contribution >= 4 is 5.91 Å². The molecule has 8 heteroatoms. The van der Waals surface area contributed by atoms with E-state index in [1.807, 2.05) is 0 Å². The lowest BCUT2D eigenvalue weighted by molar-refractivity contribution is -0.142. The van der Waals surface area contributed by atoms with Crippen molar-refractivity contribution in [2.45, 2.75) is 32.5 Å². The van der Waals surface area contributed by atoms with Gasteiger partial charge in [0.05, 0.1) is 5.56 Å². The lowest BCUT2D eigenvalue weighted by Crippen LogP contribution is -2.60. The summed E-state index contributed by atoms with van der Waals surface area (Å²) in [5, 5.41) is 3.49. The molecule has 1 spiro atoms. The summed E-state index contributed by atoms with van der Waals surface area (Å²) in [6.45, 7) is 4.29. The second-order valence-electron chi connectivity index (χ2n) is 6.02. The predicted molar refractivity (Wildman–Crippen MR) is 71.3 cm³/mol. The zero-order chi connectivity index (χ0) is 16.0. The van der Waals surface area contributed by atoms with Crippen LogP contribution in [0, 0.1) is 5.41 Å². The van der Waals surface area contributed by atoms with E-state index >= 15 is 0 Å². The van der Waals surface area contributed by atoms with Crippen LogP contribution in [0.3, 0.4) is 0 Å². The summed E-state index contributed by atoms with van der Waals surface area (Å²) in [6.07, 6.45) is -1.71. The van der Waals surface area contributed by atoms with E-state index in [9.17, 15) is 18.0 Å². The van der Waals surface area contributed by atoms with Crippen LogP contribution in [0.5, 0.6) is 0 Å². The minimum atomic E-state index is -4.62. The van der Waals surface area contributed by atoms with Gasteiger partial charge in [0.1, 0.15) is 0 Å². The summed E-state index contributed by atoms with van der Waals surface area (Å²) in [5.74, 6) is -0.579. The Balaban J connectivity index is 1.77. The molecule has 0 atom stereocenters. The summed E-state index contributed by atoms with van der Waals surface area (Å²) in [6, 6.07) is 0. The highest BCUT2D eigenvalue weighted by atomic mass is 19.4. The number of amides is 1. The fourth-order valence-corrected chi connectivity index (χ4v) is 3.15. The maximum atomic E-state index is 13.0. The van der Waals surface area contributed by atoms with Gasteiger partial charge in [0.25, 0.3) is 5.91 Å². The molecule has 22 heavy (non-hydrogen) atoms. The first kappa shape index (κ1) is 15.3. The van der Waals surface area contributed by atoms with Gasteiger partial charge in [-0.15, -0.1) is 0 Å². The Morgan fingerprint density at radius 3 is 2.55 bits per heavy atom. The fraction of sp³-hybridized carbons (Fsp3) is 0.714. The van der Waals surface area contributed by atoms with Crippen molar-refractivity contribution in [3.8, 4) is 0 Å². The van der Waals surface area contributed by atoms with Crippen molar-refractivity contribution in [3.63, 3.8) is 0 Å². The van der Waals surface area contributed by atoms with Crippen LogP contribution in [-0.4, -0.2) is 46.9 Å². The third kappa shape index (κ3) is 2.60. The topological polar surface area (TPSA) is 47.4 Å². The molecule has 5 nitrogen and oxygen atoms in total. The van der Waals surface area contributed by atoms with Crippen LogP contribution in [0.15, 0.2) is 6.20 Å². The molecular weight excluding hydrogens is 299 g/mol. The van der Waals surface area contributed by atoms with E-state index in [-0.39, 0.29) is 17.5 Å². The lowest BCUT2D eigenvalue weighted by atomic mass is 9.73. The number of aryl methyl sites for hydroxylation is 1. The molecule has 0 aromatic carbocycles. The summed E-state index contributed by atoms with van der Waals surface area (Å²) in [5.41, 5.74) is -1.41. The molecule has 0 unspecified atom stereocenters. The molecule has 1 amide bonds. The van der Waals surface area contributed by atoms with Gasteiger partial charge < -0.3 is 9.64 Å². The molecule has 0 N–H and O–H groups in total. The Morgan fingerprint density at radius 2 is 2.00 bits per heavy atom. The van der Waals surface area contributed by atoms with E-state index in [1.54, 1.807) is 6.92 Å². The van der Waals surface area contributed by atoms with Gasteiger partial charge in [0.2, 0.25) is 0 Å². The normalized spacial score (nSPS) is 21.0. The molecule has 122 valence electrons. The number of carbonyl (C=O) groups is 1. The van der Waals surface area contributed by atoms with Gasteiger partial charge in [-0.1, -0.05) is 0 Å². The van der Waals surface area contributed by atoms with Crippen molar-refractivity contribution in [2.24, 2.45) is 5.41 Å². The van der Waals surface area contributed by atoms with Crippen LogP contribution in [0.25, 0.3) is 0 Å². The molecule has 2 saturated heterocycles. The number of likely N-dealkylation sites (tertiary alicyclic amines) is 1. The number of nitrogens with zero attached hydrogens (tertiary/aromatic N) is 3. The Bertz CT molecular complexity index is 568. The Hall–Kier alpha value is -1.57. The summed E-state index contributed by atoms with van der Waals surface area (Å²) >= 11 is 0. The lowest BCUT2D eigenvalue weighted by Gasteiger charge is -2.52. The molecule has 1 aromatic heterocycles. The fourth-order valence-electron chi connectivity index (χ4n) is 3.15. The van der Waals surface area contributed by atoms with E-state index in [4.69, 9.17) is 4.74 Å². The number of carbonyl (C=O) groups excluding carboxylic acids is 1. The Morgan fingerprint density at radius 1 is 1.36 bits per heavy atom. The van der Waals surface area contributed by atoms with Crippen molar-refractivity contribution in [2.75, 3.05) is 26.3 Å². The van der Waals surface area contributed by atoms with Crippen LogP contribution in [0.1, 0.15) is 35.8 Å². The number of hydrogen-bond acceptors (Lipinski definition) is 3. The first-order valence-electron chi connectivity index (χ1n) is 7.36. The molecule has 2 aliphatic heterocycles. The monoisotopic (exact) mass is 317 g/mol. The Kier molecular flexibility index (Phi) is 3.66. The second-order valence-corrected chi connectivity index (χ2v) is 6.02. The van der Waals surface area contributed by atoms with E-state index in [0.717, 1.165) is 17.5 Å². The highest BCUT2D eigenvalue weighted by Crippen LogP contribution is 2.41. The first-order valence-corrected chi connectivity index (χ1v) is 7.36. The van der Waals surface area contributed by atoms with Gasteiger partial charge in [-0.05, 0) is 19.8 Å². The largest absolute Gasteiger partial charge is 0.435 e. The molecule has 2 aliphatic rings. The first-order chi connectivity index (χ1) is 10.3. The van der Waals surface area contributed by atoms with Crippen LogP contribution in [0.2, 0.25) is 0 Å². The number of alkyl halides is 3. The second kappa shape index (κ2) is 5.26. The molecule has 0 radical (unpaired) electrons. The zero-order valence-corrected chi connectivity index (χ0v) is 12.3. The average molecular weight is 317 g/mol. The molecule has 0 aliphatic carbocycles. The molecular formula is C14H18F3N3O2. The van der Waals surface area contributed by atoms with E-state index < -0.39 is 17.8 Å². The van der Waals surface area contributed by atoms with Gasteiger partial charge in [0.15, 0.2) is 5.69 Å². The number of halogens is 3. The van der Waals surface area contributed by atoms with Crippen molar-refractivity contribution in [3.05, 3.63) is 17.5 Å². The smallest absolute Gasteiger partial charge is 0.381 e. The zero-order valence-electron chi connectivity index (χ0n) is 12.3. The highest BCUT2D eigenvalue weighted by Gasteiger charge is 2.48. The quantitative estimate of drug-likeness (QED) is 0.840. The minimum Gasteiger partial charge on any atom is -0.381 e. The number of rotatable bonds is 2. The summed E-state index contributed by atoms with van der Waals surface area (Å²) in [7, 11) is 0. The van der Waals surface area contributed by atoms with Crippen LogP contribution in [-0.2, 0) is 17.5 Å². The van der Waals surface area contributed by atoms with Crippen LogP contribution >= 0.6 is 0 Å². The van der Waals surface area contributed by atoms with Crippen molar-refractivity contribution in [1.29, 1.82) is 0 Å². The third-order valence-electron chi connectivity index (χ3n) is 4.48. The number of ether oxygens (including phenoxy) is 1. The maximum absolute atomic E-state index is 13.0. The van der Waals surface area contributed by atoms with E-state index in [2.05, 4.69) is 5.10 Å². The van der Waals surface area contributed by atoms with Crippen LogP contribution in [0.4, 0.5) is 13.2 Å². The summed E-state index contributed by atoms with van der Waals surface area (Å²) in [4.78, 5) is 13.9. The Labute approximate surface area is 126 Å². The van der Waals surface area contributed by atoms with Crippen LogP contribution < -0.4 is 0 Å².